The molecule has 0 saturated carbocycles. The molecule has 154 valence electrons. The number of amides is 1. The molecule has 2 aliphatic heterocycles. The highest BCUT2D eigenvalue weighted by Crippen LogP contribution is 2.23. The number of ether oxygens (including phenoxy) is 1. The largest absolute Gasteiger partial charge is 0.366 e. The van der Waals surface area contributed by atoms with Crippen molar-refractivity contribution in [3.8, 4) is 0 Å². The monoisotopic (exact) mass is 417 g/mol. The van der Waals surface area contributed by atoms with Gasteiger partial charge in [0.25, 0.3) is 5.91 Å². The molecule has 5 nitrogen and oxygen atoms in total. The van der Waals surface area contributed by atoms with E-state index in [4.69, 9.17) is 4.74 Å². The van der Waals surface area contributed by atoms with Crippen LogP contribution < -0.4 is 10.6 Å². The minimum atomic E-state index is -0.371. The molecule has 3 rings (SSSR count). The molecule has 2 saturated heterocycles. The van der Waals surface area contributed by atoms with Crippen LogP contribution in [0.5, 0.6) is 0 Å². The van der Waals surface area contributed by atoms with Gasteiger partial charge in [0, 0.05) is 39.3 Å². The van der Waals surface area contributed by atoms with Crippen LogP contribution in [0.15, 0.2) is 24.3 Å². The first kappa shape index (κ1) is 24.2. The average molecular weight is 418 g/mol. The van der Waals surface area contributed by atoms with E-state index in [2.05, 4.69) is 47.6 Å². The van der Waals surface area contributed by atoms with Crippen molar-refractivity contribution in [1.29, 1.82) is 0 Å². The fraction of sp³-hybridized carbons (Fsp3) is 0.650. The molecule has 0 aliphatic carbocycles. The molecule has 0 radical (unpaired) electrons. The summed E-state index contributed by atoms with van der Waals surface area (Å²) < 4.78 is 5.52. The van der Waals surface area contributed by atoms with Crippen molar-refractivity contribution < 1.29 is 9.53 Å². The molecule has 7 heteroatoms. The van der Waals surface area contributed by atoms with Crippen LogP contribution in [0.25, 0.3) is 0 Å². The predicted molar refractivity (Wildman–Crippen MR) is 114 cm³/mol. The van der Waals surface area contributed by atoms with E-state index in [1.165, 1.54) is 17.5 Å². The van der Waals surface area contributed by atoms with Crippen molar-refractivity contribution in [3.63, 3.8) is 0 Å². The van der Waals surface area contributed by atoms with E-state index in [0.29, 0.717) is 19.7 Å². The number of halogens is 2. The van der Waals surface area contributed by atoms with Gasteiger partial charge >= 0.3 is 0 Å². The molecule has 1 amide bonds. The van der Waals surface area contributed by atoms with E-state index in [1.54, 1.807) is 0 Å². The third-order valence-electron chi connectivity index (χ3n) is 5.13. The lowest BCUT2D eigenvalue weighted by Crippen LogP contribution is -2.47. The smallest absolute Gasteiger partial charge is 0.250 e. The fourth-order valence-electron chi connectivity index (χ4n) is 4.08. The Morgan fingerprint density at radius 2 is 1.85 bits per heavy atom. The van der Waals surface area contributed by atoms with Crippen LogP contribution in [0.2, 0.25) is 0 Å². The molecule has 2 heterocycles. The van der Waals surface area contributed by atoms with E-state index in [1.807, 2.05) is 6.07 Å². The number of hydrogen-bond donors (Lipinski definition) is 2. The van der Waals surface area contributed by atoms with Gasteiger partial charge in [0.2, 0.25) is 0 Å². The maximum atomic E-state index is 12.3. The van der Waals surface area contributed by atoms with E-state index >= 15 is 0 Å². The number of hydrogen-bond acceptors (Lipinski definition) is 4. The molecule has 0 aromatic heterocycles. The van der Waals surface area contributed by atoms with Crippen LogP contribution in [0.4, 0.5) is 0 Å². The maximum Gasteiger partial charge on any atom is 0.250 e. The molecule has 1 aromatic rings. The van der Waals surface area contributed by atoms with E-state index < -0.39 is 0 Å². The van der Waals surface area contributed by atoms with Crippen LogP contribution in [0.3, 0.4) is 0 Å². The average Bonchev–Trinajstić information content (AvgIpc) is 2.60. The zero-order valence-corrected chi connectivity index (χ0v) is 17.9. The molecule has 0 spiro atoms. The predicted octanol–water partition coefficient (Wildman–Crippen LogP) is 2.61. The molecule has 3 unspecified atom stereocenters. The number of nitrogens with zero attached hydrogens (tertiary/aromatic N) is 1. The molecule has 0 bridgehead atoms. The Labute approximate surface area is 175 Å². The topological polar surface area (TPSA) is 53.6 Å². The summed E-state index contributed by atoms with van der Waals surface area (Å²) in [5.41, 5.74) is 2.51. The Hall–Kier alpha value is -0.850. The van der Waals surface area contributed by atoms with Crippen LogP contribution in [-0.2, 0) is 22.6 Å². The van der Waals surface area contributed by atoms with Crippen LogP contribution in [-0.4, -0.2) is 49.7 Å². The maximum absolute atomic E-state index is 12.3. The number of carbonyl (C=O) groups excluding carboxylic acids is 1. The minimum absolute atomic E-state index is 0. The highest BCUT2D eigenvalue weighted by Gasteiger charge is 2.23. The summed E-state index contributed by atoms with van der Waals surface area (Å²) in [4.78, 5) is 14.8. The molecule has 27 heavy (non-hydrogen) atoms. The molecular formula is C20H33Cl2N3O2. The first-order valence-corrected chi connectivity index (χ1v) is 9.51. The minimum Gasteiger partial charge on any atom is -0.366 e. The van der Waals surface area contributed by atoms with Gasteiger partial charge in [0.1, 0.15) is 6.10 Å². The van der Waals surface area contributed by atoms with Gasteiger partial charge in [-0.2, -0.15) is 0 Å². The van der Waals surface area contributed by atoms with Crippen molar-refractivity contribution in [2.75, 3.05) is 32.8 Å². The lowest BCUT2D eigenvalue weighted by Gasteiger charge is -2.35. The quantitative estimate of drug-likeness (QED) is 0.772. The number of piperidine rings is 1. The summed E-state index contributed by atoms with van der Waals surface area (Å²) in [6.07, 6.45) is 0.952. The SMILES string of the molecule is CC1CC(C)CN(Cc2ccccc2CNC(=O)C2CNCCO2)C1.Cl.Cl. The van der Waals surface area contributed by atoms with Crippen LogP contribution in [0, 0.1) is 11.8 Å². The highest BCUT2D eigenvalue weighted by molar-refractivity contribution is 5.85. The van der Waals surface area contributed by atoms with Gasteiger partial charge in [-0.25, -0.2) is 0 Å². The fourth-order valence-corrected chi connectivity index (χ4v) is 4.08. The van der Waals surface area contributed by atoms with Gasteiger partial charge in [0.15, 0.2) is 0 Å². The molecule has 2 fully saturated rings. The van der Waals surface area contributed by atoms with Crippen molar-refractivity contribution in [1.82, 2.24) is 15.5 Å². The Bertz CT molecular complexity index is 572. The molecule has 3 atom stereocenters. The summed E-state index contributed by atoms with van der Waals surface area (Å²) in [6, 6.07) is 8.44. The van der Waals surface area contributed by atoms with Gasteiger partial charge in [-0.05, 0) is 29.4 Å². The number of nitrogens with one attached hydrogen (secondary N) is 2. The van der Waals surface area contributed by atoms with E-state index in [9.17, 15) is 4.79 Å². The van der Waals surface area contributed by atoms with Crippen molar-refractivity contribution in [2.45, 2.75) is 39.5 Å². The second-order valence-corrected chi connectivity index (χ2v) is 7.69. The number of rotatable bonds is 5. The van der Waals surface area contributed by atoms with Crippen molar-refractivity contribution in [2.24, 2.45) is 11.8 Å². The second-order valence-electron chi connectivity index (χ2n) is 7.69. The lowest BCUT2D eigenvalue weighted by atomic mass is 9.91. The summed E-state index contributed by atoms with van der Waals surface area (Å²) in [5, 5.41) is 6.24. The van der Waals surface area contributed by atoms with Crippen LogP contribution in [0.1, 0.15) is 31.4 Å². The Balaban J connectivity index is 0.00000182. The van der Waals surface area contributed by atoms with E-state index in [-0.39, 0.29) is 36.8 Å². The number of benzene rings is 1. The highest BCUT2D eigenvalue weighted by atomic mass is 35.5. The summed E-state index contributed by atoms with van der Waals surface area (Å²) in [6.45, 7) is 10.5. The number of morpholine rings is 1. The molecule has 1 aromatic carbocycles. The summed E-state index contributed by atoms with van der Waals surface area (Å²) in [5.74, 6) is 1.49. The molecule has 2 N–H and O–H groups in total. The van der Waals surface area contributed by atoms with E-state index in [0.717, 1.165) is 38.0 Å². The zero-order valence-electron chi connectivity index (χ0n) is 16.3. The summed E-state index contributed by atoms with van der Waals surface area (Å²) >= 11 is 0. The Kier molecular flexibility index (Phi) is 10.6. The lowest BCUT2D eigenvalue weighted by molar-refractivity contribution is -0.134. The van der Waals surface area contributed by atoms with Crippen LogP contribution >= 0.6 is 24.8 Å². The first-order chi connectivity index (χ1) is 12.1. The zero-order chi connectivity index (χ0) is 17.6. The first-order valence-electron chi connectivity index (χ1n) is 9.51. The third-order valence-corrected chi connectivity index (χ3v) is 5.13. The van der Waals surface area contributed by atoms with Crippen molar-refractivity contribution >= 4 is 30.7 Å². The second kappa shape index (κ2) is 11.9. The number of carbonyl (C=O) groups is 1. The standard InChI is InChI=1S/C20H31N3O2.2ClH/c1-15-9-16(2)13-23(12-15)14-18-6-4-3-5-17(18)10-22-20(24)19-11-21-7-8-25-19;;/h3-6,15-16,19,21H,7-14H2,1-2H3,(H,22,24);2*1H. The van der Waals surface area contributed by atoms with Crippen molar-refractivity contribution in [3.05, 3.63) is 35.4 Å². The third kappa shape index (κ3) is 7.24. The Morgan fingerprint density at radius 3 is 2.48 bits per heavy atom. The van der Waals surface area contributed by atoms with Gasteiger partial charge < -0.3 is 15.4 Å². The van der Waals surface area contributed by atoms with Gasteiger partial charge in [-0.15, -0.1) is 24.8 Å². The Morgan fingerprint density at radius 1 is 1.19 bits per heavy atom. The summed E-state index contributed by atoms with van der Waals surface area (Å²) in [7, 11) is 0. The number of likely N-dealkylation sites (tertiary alicyclic amines) is 1. The van der Waals surface area contributed by atoms with Gasteiger partial charge in [0.05, 0.1) is 6.61 Å². The van der Waals surface area contributed by atoms with Gasteiger partial charge in [-0.3, -0.25) is 9.69 Å². The molecular weight excluding hydrogens is 385 g/mol. The van der Waals surface area contributed by atoms with Gasteiger partial charge in [-0.1, -0.05) is 38.1 Å². The molecule has 2 aliphatic rings. The normalized spacial score (nSPS) is 25.8.